The van der Waals surface area contributed by atoms with Crippen molar-refractivity contribution in [3.05, 3.63) is 76.9 Å². The van der Waals surface area contributed by atoms with Crippen molar-refractivity contribution in [3.8, 4) is 5.69 Å². The molecule has 6 nitrogen and oxygen atoms in total. The van der Waals surface area contributed by atoms with Gasteiger partial charge in [-0.15, -0.1) is 0 Å². The van der Waals surface area contributed by atoms with Gasteiger partial charge in [0, 0.05) is 17.5 Å². The molecule has 8 heteroatoms. The molecule has 1 N–H and O–H groups in total. The van der Waals surface area contributed by atoms with E-state index in [1.807, 2.05) is 6.92 Å². The number of benzene rings is 2. The number of carbonyl (C=O) groups excluding carboxylic acids is 1. The van der Waals surface area contributed by atoms with Gasteiger partial charge in [-0.05, 0) is 74.6 Å². The molecular formula is C24H26FN3O3S. The first-order chi connectivity index (χ1) is 15.2. The maximum atomic E-state index is 13.4. The molecule has 1 heterocycles. The zero-order valence-corrected chi connectivity index (χ0v) is 19.0. The summed E-state index contributed by atoms with van der Waals surface area (Å²) in [6.45, 7) is 1.85. The topological polar surface area (TPSA) is 81.1 Å². The van der Waals surface area contributed by atoms with E-state index < -0.39 is 9.84 Å². The summed E-state index contributed by atoms with van der Waals surface area (Å²) in [4.78, 5) is 13.4. The van der Waals surface area contributed by atoms with Crippen molar-refractivity contribution in [1.82, 2.24) is 15.1 Å². The largest absolute Gasteiger partial charge is 0.344 e. The number of nitrogens with zero attached hydrogens (tertiary/aromatic N) is 2. The zero-order valence-electron chi connectivity index (χ0n) is 18.1. The molecule has 4 rings (SSSR count). The Morgan fingerprint density at radius 1 is 1.03 bits per heavy atom. The summed E-state index contributed by atoms with van der Waals surface area (Å²) in [5.74, 6) is -0.593. The van der Waals surface area contributed by atoms with E-state index >= 15 is 0 Å². The number of rotatable bonds is 5. The molecule has 0 radical (unpaired) electrons. The molecule has 32 heavy (non-hydrogen) atoms. The van der Waals surface area contributed by atoms with Gasteiger partial charge in [0.1, 0.15) is 5.82 Å². The molecule has 0 saturated heterocycles. The number of amides is 1. The van der Waals surface area contributed by atoms with E-state index in [0.717, 1.165) is 60.9 Å². The minimum Gasteiger partial charge on any atom is -0.344 e. The Hall–Kier alpha value is -3.00. The summed E-state index contributed by atoms with van der Waals surface area (Å²) < 4.78 is 38.5. The Kier molecular flexibility index (Phi) is 6.15. The van der Waals surface area contributed by atoms with Crippen LogP contribution in [0.5, 0.6) is 0 Å². The van der Waals surface area contributed by atoms with Gasteiger partial charge in [0.2, 0.25) is 0 Å². The molecule has 1 aliphatic carbocycles. The van der Waals surface area contributed by atoms with E-state index in [4.69, 9.17) is 0 Å². The predicted molar refractivity (Wildman–Crippen MR) is 120 cm³/mol. The second kappa shape index (κ2) is 8.86. The van der Waals surface area contributed by atoms with E-state index in [9.17, 15) is 17.6 Å². The van der Waals surface area contributed by atoms with Crippen LogP contribution in [0.1, 0.15) is 59.5 Å². The van der Waals surface area contributed by atoms with Crippen LogP contribution in [0, 0.1) is 5.82 Å². The van der Waals surface area contributed by atoms with E-state index in [2.05, 4.69) is 10.4 Å². The van der Waals surface area contributed by atoms with Gasteiger partial charge < -0.3 is 5.32 Å². The minimum atomic E-state index is -3.27. The van der Waals surface area contributed by atoms with Crippen LogP contribution in [0.2, 0.25) is 0 Å². The lowest BCUT2D eigenvalue weighted by molar-refractivity contribution is 0.0933. The smallest absolute Gasteiger partial charge is 0.272 e. The summed E-state index contributed by atoms with van der Waals surface area (Å²) >= 11 is 0. The molecule has 3 aromatic rings. The third kappa shape index (κ3) is 4.60. The number of nitrogens with one attached hydrogen (secondary N) is 1. The maximum absolute atomic E-state index is 13.4. The molecule has 1 unspecified atom stereocenters. The Labute approximate surface area is 187 Å². The fourth-order valence-corrected chi connectivity index (χ4v) is 4.74. The van der Waals surface area contributed by atoms with Crippen molar-refractivity contribution in [1.29, 1.82) is 0 Å². The SMILES string of the molecule is CC(NC(=O)c1nn(-c2ccc(F)cc2)c2c1CCCCC2)c1ccc(S(C)(=O)=O)cc1. The van der Waals surface area contributed by atoms with E-state index in [-0.39, 0.29) is 22.7 Å². The molecule has 0 fully saturated rings. The van der Waals surface area contributed by atoms with Crippen LogP contribution in [-0.2, 0) is 22.7 Å². The number of aromatic nitrogens is 2. The highest BCUT2D eigenvalue weighted by Crippen LogP contribution is 2.27. The lowest BCUT2D eigenvalue weighted by atomic mass is 10.1. The summed E-state index contributed by atoms with van der Waals surface area (Å²) in [5.41, 5.74) is 3.88. The zero-order chi connectivity index (χ0) is 22.9. The van der Waals surface area contributed by atoms with Gasteiger partial charge in [-0.1, -0.05) is 18.6 Å². The Morgan fingerprint density at radius 3 is 2.34 bits per heavy atom. The first kappa shape index (κ1) is 22.2. The van der Waals surface area contributed by atoms with E-state index in [1.165, 1.54) is 12.1 Å². The van der Waals surface area contributed by atoms with Gasteiger partial charge in [0.05, 0.1) is 16.6 Å². The van der Waals surface area contributed by atoms with Crippen LogP contribution in [0.4, 0.5) is 4.39 Å². The van der Waals surface area contributed by atoms with Crippen molar-refractivity contribution < 1.29 is 17.6 Å². The quantitative estimate of drug-likeness (QED) is 0.586. The molecule has 0 saturated carbocycles. The van der Waals surface area contributed by atoms with Crippen LogP contribution < -0.4 is 5.32 Å². The highest BCUT2D eigenvalue weighted by Gasteiger charge is 2.25. The fraction of sp³-hybridized carbons (Fsp3) is 0.333. The Morgan fingerprint density at radius 2 is 1.69 bits per heavy atom. The molecule has 168 valence electrons. The number of fused-ring (bicyclic) bond motifs is 1. The highest BCUT2D eigenvalue weighted by molar-refractivity contribution is 7.90. The monoisotopic (exact) mass is 455 g/mol. The second-order valence-electron chi connectivity index (χ2n) is 8.26. The molecule has 1 amide bonds. The summed E-state index contributed by atoms with van der Waals surface area (Å²) in [6.07, 6.45) is 5.85. The third-order valence-electron chi connectivity index (χ3n) is 5.87. The van der Waals surface area contributed by atoms with E-state index in [1.54, 1.807) is 41.1 Å². The first-order valence-corrected chi connectivity index (χ1v) is 12.6. The van der Waals surface area contributed by atoms with Crippen LogP contribution in [0.3, 0.4) is 0 Å². The summed E-state index contributed by atoms with van der Waals surface area (Å²) in [5, 5.41) is 7.62. The minimum absolute atomic E-state index is 0.239. The van der Waals surface area contributed by atoms with Crippen LogP contribution >= 0.6 is 0 Å². The van der Waals surface area contributed by atoms with Crippen molar-refractivity contribution in [2.24, 2.45) is 0 Å². The number of hydrogen-bond donors (Lipinski definition) is 1. The second-order valence-corrected chi connectivity index (χ2v) is 10.3. The average Bonchev–Trinajstić information content (AvgIpc) is 2.95. The fourth-order valence-electron chi connectivity index (χ4n) is 4.11. The van der Waals surface area contributed by atoms with Gasteiger partial charge in [0.15, 0.2) is 15.5 Å². The molecule has 2 aromatic carbocycles. The van der Waals surface area contributed by atoms with Gasteiger partial charge in [0.25, 0.3) is 5.91 Å². The molecule has 1 atom stereocenters. The van der Waals surface area contributed by atoms with Crippen LogP contribution in [0.25, 0.3) is 5.69 Å². The van der Waals surface area contributed by atoms with E-state index in [0.29, 0.717) is 5.69 Å². The molecule has 0 spiro atoms. The molecule has 0 aliphatic heterocycles. The van der Waals surface area contributed by atoms with Crippen LogP contribution in [-0.4, -0.2) is 30.4 Å². The molecule has 0 bridgehead atoms. The third-order valence-corrected chi connectivity index (χ3v) is 7.00. The van der Waals surface area contributed by atoms with Gasteiger partial charge in [-0.2, -0.15) is 5.10 Å². The Bertz CT molecular complexity index is 1230. The number of sulfone groups is 1. The molecule has 1 aromatic heterocycles. The van der Waals surface area contributed by atoms with Crippen molar-refractivity contribution in [2.45, 2.75) is 50.0 Å². The van der Waals surface area contributed by atoms with Gasteiger partial charge >= 0.3 is 0 Å². The molecule has 1 aliphatic rings. The summed E-state index contributed by atoms with van der Waals surface area (Å²) in [6, 6.07) is 12.3. The summed E-state index contributed by atoms with van der Waals surface area (Å²) in [7, 11) is -3.27. The van der Waals surface area contributed by atoms with Crippen molar-refractivity contribution in [3.63, 3.8) is 0 Å². The Balaban J connectivity index is 1.62. The first-order valence-electron chi connectivity index (χ1n) is 10.7. The average molecular weight is 456 g/mol. The number of hydrogen-bond acceptors (Lipinski definition) is 4. The molecular weight excluding hydrogens is 429 g/mol. The maximum Gasteiger partial charge on any atom is 0.272 e. The normalized spacial score (nSPS) is 15.0. The van der Waals surface area contributed by atoms with Crippen molar-refractivity contribution in [2.75, 3.05) is 6.26 Å². The van der Waals surface area contributed by atoms with Gasteiger partial charge in [-0.25, -0.2) is 17.5 Å². The van der Waals surface area contributed by atoms with Gasteiger partial charge in [-0.3, -0.25) is 4.79 Å². The highest BCUT2D eigenvalue weighted by atomic mass is 32.2. The number of carbonyl (C=O) groups is 1. The van der Waals surface area contributed by atoms with Crippen LogP contribution in [0.15, 0.2) is 53.4 Å². The predicted octanol–water partition coefficient (Wildman–Crippen LogP) is 4.17. The van der Waals surface area contributed by atoms with Crippen molar-refractivity contribution >= 4 is 15.7 Å². The number of halogens is 1. The lowest BCUT2D eigenvalue weighted by Gasteiger charge is -2.14. The lowest BCUT2D eigenvalue weighted by Crippen LogP contribution is -2.28. The standard InChI is InChI=1S/C24H26FN3O3S/c1-16(17-8-14-20(15-9-17)32(2,30)31)26-24(29)23-21-6-4-3-5-7-22(21)28(27-23)19-12-10-18(25)11-13-19/h8-16H,3-7H2,1-2H3,(H,26,29).